The summed E-state index contributed by atoms with van der Waals surface area (Å²) in [4.78, 5) is 0. The molecule has 0 aliphatic carbocycles. The van der Waals surface area contributed by atoms with E-state index < -0.39 is 0 Å². The van der Waals surface area contributed by atoms with E-state index in [1.807, 2.05) is 24.4 Å². The molecule has 23 heavy (non-hydrogen) atoms. The van der Waals surface area contributed by atoms with E-state index in [-0.39, 0.29) is 11.9 Å². The van der Waals surface area contributed by atoms with Gasteiger partial charge in [-0.1, -0.05) is 39.5 Å². The predicted octanol–water partition coefficient (Wildman–Crippen LogP) is 3.44. The number of rotatable bonds is 9. The molecule has 0 bridgehead atoms. The molecule has 0 saturated carbocycles. The Labute approximate surface area is 145 Å². The minimum Gasteiger partial charge on any atom is -0.383 e. The molecule has 0 aromatic heterocycles. The number of dihydropyridines is 1. The lowest BCUT2D eigenvalue weighted by molar-refractivity contribution is 0.621. The number of aryl methyl sites for hydroxylation is 1. The van der Waals surface area contributed by atoms with Gasteiger partial charge in [0, 0.05) is 19.3 Å². The molecule has 2 atom stereocenters. The van der Waals surface area contributed by atoms with Crippen LogP contribution < -0.4 is 15.7 Å². The Hall–Kier alpha value is -1.09. The molecule has 0 spiro atoms. The van der Waals surface area contributed by atoms with Crippen LogP contribution in [0, 0.1) is 5.82 Å². The zero-order valence-electron chi connectivity index (χ0n) is 13.1. The Morgan fingerprint density at radius 3 is 2.65 bits per heavy atom. The zero-order valence-corrected chi connectivity index (χ0v) is 15.0. The van der Waals surface area contributed by atoms with Crippen LogP contribution in [0.1, 0.15) is 24.8 Å². The van der Waals surface area contributed by atoms with Crippen molar-refractivity contribution in [2.24, 2.45) is 0 Å². The van der Waals surface area contributed by atoms with Crippen molar-refractivity contribution < 1.29 is 4.39 Å². The molecular formula is C17H24ClFN3P. The Morgan fingerprint density at radius 2 is 1.96 bits per heavy atom. The maximum atomic E-state index is 12.8. The quantitative estimate of drug-likeness (QED) is 0.469. The summed E-state index contributed by atoms with van der Waals surface area (Å²) >= 11 is 6.27. The van der Waals surface area contributed by atoms with Gasteiger partial charge in [0.1, 0.15) is 5.82 Å². The van der Waals surface area contributed by atoms with Crippen molar-refractivity contribution in [3.63, 3.8) is 0 Å². The van der Waals surface area contributed by atoms with Gasteiger partial charge in [-0.15, -0.1) is 0 Å². The van der Waals surface area contributed by atoms with Crippen molar-refractivity contribution in [1.82, 2.24) is 15.7 Å². The molecule has 3 N–H and O–H groups in total. The monoisotopic (exact) mass is 355 g/mol. The fourth-order valence-corrected chi connectivity index (χ4v) is 2.99. The molecular weight excluding hydrogens is 332 g/mol. The molecule has 0 radical (unpaired) electrons. The molecule has 0 fully saturated rings. The number of allylic oxidation sites excluding steroid dienone is 1. The van der Waals surface area contributed by atoms with Gasteiger partial charge in [0.15, 0.2) is 0 Å². The fraction of sp³-hybridized carbons (Fsp3) is 0.412. The topological polar surface area (TPSA) is 36.1 Å². The molecule has 1 aliphatic heterocycles. The first-order chi connectivity index (χ1) is 11.2. The summed E-state index contributed by atoms with van der Waals surface area (Å²) in [5.41, 5.74) is 2.14. The second-order valence-corrected chi connectivity index (χ2v) is 6.43. The van der Waals surface area contributed by atoms with E-state index in [4.69, 9.17) is 11.6 Å². The highest BCUT2D eigenvalue weighted by Crippen LogP contribution is 2.16. The zero-order chi connectivity index (χ0) is 16.5. The first-order valence-corrected chi connectivity index (χ1v) is 8.90. The molecule has 1 aromatic carbocycles. The van der Waals surface area contributed by atoms with Gasteiger partial charge in [0.2, 0.25) is 0 Å². The predicted molar refractivity (Wildman–Crippen MR) is 98.6 cm³/mol. The number of halogens is 2. The lowest BCUT2D eigenvalue weighted by Gasteiger charge is -2.21. The molecule has 1 aliphatic rings. The van der Waals surface area contributed by atoms with Gasteiger partial charge in [0.05, 0.1) is 16.8 Å². The molecule has 6 heteroatoms. The summed E-state index contributed by atoms with van der Waals surface area (Å²) in [6.07, 6.45) is 8.26. The lowest BCUT2D eigenvalue weighted by Crippen LogP contribution is -2.35. The minimum atomic E-state index is -0.173. The molecule has 2 rings (SSSR count). The van der Waals surface area contributed by atoms with Crippen LogP contribution in [0.4, 0.5) is 4.39 Å². The van der Waals surface area contributed by atoms with E-state index in [1.54, 1.807) is 0 Å². The molecule has 2 unspecified atom stereocenters. The van der Waals surface area contributed by atoms with Crippen molar-refractivity contribution in [2.75, 3.05) is 13.1 Å². The average Bonchev–Trinajstić information content (AvgIpc) is 2.54. The van der Waals surface area contributed by atoms with Gasteiger partial charge in [-0.2, -0.15) is 0 Å². The number of nitrogens with one attached hydrogen (secondary N) is 3. The van der Waals surface area contributed by atoms with Gasteiger partial charge < -0.3 is 10.6 Å². The highest BCUT2D eigenvalue weighted by atomic mass is 35.5. The summed E-state index contributed by atoms with van der Waals surface area (Å²) in [6.45, 7) is 1.71. The first kappa shape index (κ1) is 18.3. The van der Waals surface area contributed by atoms with E-state index >= 15 is 0 Å². The van der Waals surface area contributed by atoms with Crippen molar-refractivity contribution in [3.05, 3.63) is 58.7 Å². The third kappa shape index (κ3) is 6.50. The molecule has 1 heterocycles. The Bertz CT molecular complexity index is 545. The van der Waals surface area contributed by atoms with E-state index in [9.17, 15) is 4.39 Å². The van der Waals surface area contributed by atoms with Crippen LogP contribution in [0.25, 0.3) is 0 Å². The van der Waals surface area contributed by atoms with Crippen LogP contribution in [0.3, 0.4) is 0 Å². The summed E-state index contributed by atoms with van der Waals surface area (Å²) in [5, 5.41) is 10.5. The van der Waals surface area contributed by atoms with Crippen LogP contribution >= 0.6 is 21.0 Å². The van der Waals surface area contributed by atoms with Gasteiger partial charge in [-0.05, 0) is 43.0 Å². The number of hydrogen-bond donors (Lipinski definition) is 3. The van der Waals surface area contributed by atoms with E-state index in [1.165, 1.54) is 17.7 Å². The summed E-state index contributed by atoms with van der Waals surface area (Å²) in [6, 6.07) is 6.98. The standard InChI is InChI=1S/C17H24ClFN3P/c18-16-10-15(11-22-23)21-12-17(16)20-9-3-1-2-4-13-5-7-14(19)8-6-13/h5-8,10,12,15,20-22H,1-4,9,11,23H2. The second kappa shape index (κ2) is 9.92. The van der Waals surface area contributed by atoms with Crippen LogP contribution in [0.15, 0.2) is 47.3 Å². The van der Waals surface area contributed by atoms with E-state index in [0.29, 0.717) is 0 Å². The van der Waals surface area contributed by atoms with Crippen molar-refractivity contribution in [2.45, 2.75) is 31.7 Å². The van der Waals surface area contributed by atoms with Gasteiger partial charge in [0.25, 0.3) is 0 Å². The molecule has 1 aromatic rings. The Kier molecular flexibility index (Phi) is 7.87. The van der Waals surface area contributed by atoms with Crippen molar-refractivity contribution in [3.8, 4) is 0 Å². The van der Waals surface area contributed by atoms with Crippen LogP contribution in [0.5, 0.6) is 0 Å². The molecule has 0 saturated heterocycles. The summed E-state index contributed by atoms with van der Waals surface area (Å²) < 4.78 is 12.8. The maximum absolute atomic E-state index is 12.8. The van der Waals surface area contributed by atoms with Crippen molar-refractivity contribution >= 4 is 21.0 Å². The van der Waals surface area contributed by atoms with Gasteiger partial charge in [-0.3, -0.25) is 5.09 Å². The molecule has 0 amide bonds. The maximum Gasteiger partial charge on any atom is 0.123 e. The van der Waals surface area contributed by atoms with E-state index in [2.05, 4.69) is 25.1 Å². The number of benzene rings is 1. The van der Waals surface area contributed by atoms with Gasteiger partial charge in [-0.25, -0.2) is 4.39 Å². The third-order valence-corrected chi connectivity index (χ3v) is 4.32. The highest BCUT2D eigenvalue weighted by Gasteiger charge is 2.12. The van der Waals surface area contributed by atoms with Gasteiger partial charge >= 0.3 is 0 Å². The highest BCUT2D eigenvalue weighted by molar-refractivity contribution is 7.13. The van der Waals surface area contributed by atoms with Crippen LogP contribution in [-0.2, 0) is 6.42 Å². The minimum absolute atomic E-state index is 0.173. The molecule has 126 valence electrons. The lowest BCUT2D eigenvalue weighted by atomic mass is 10.1. The average molecular weight is 356 g/mol. The van der Waals surface area contributed by atoms with E-state index in [0.717, 1.165) is 49.5 Å². The number of unbranched alkanes of at least 4 members (excludes halogenated alkanes) is 2. The first-order valence-electron chi connectivity index (χ1n) is 7.94. The normalized spacial score (nSPS) is 17.3. The smallest absolute Gasteiger partial charge is 0.123 e. The van der Waals surface area contributed by atoms with Crippen LogP contribution in [0.2, 0.25) is 0 Å². The number of hydrogen-bond acceptors (Lipinski definition) is 3. The van der Waals surface area contributed by atoms with Crippen LogP contribution in [-0.4, -0.2) is 19.1 Å². The second-order valence-electron chi connectivity index (χ2n) is 5.62. The van der Waals surface area contributed by atoms with Crippen molar-refractivity contribution in [1.29, 1.82) is 0 Å². The summed E-state index contributed by atoms with van der Waals surface area (Å²) in [5.74, 6) is -0.173. The SMILES string of the molecule is Fc1ccc(CCCCCNC2=CNC(CNP)C=C2Cl)cc1. The molecule has 3 nitrogen and oxygen atoms in total. The Balaban J connectivity index is 1.59. The largest absolute Gasteiger partial charge is 0.383 e. The fourth-order valence-electron chi connectivity index (χ4n) is 2.46. The summed E-state index contributed by atoms with van der Waals surface area (Å²) in [7, 11) is 2.49. The third-order valence-electron chi connectivity index (χ3n) is 3.76. The Morgan fingerprint density at radius 1 is 1.17 bits per heavy atom.